The zero-order valence-electron chi connectivity index (χ0n) is 23.2. The normalized spacial score (nSPS) is 12.2. The summed E-state index contributed by atoms with van der Waals surface area (Å²) in [6, 6.07) is 52.4. The molecule has 0 amide bonds. The summed E-state index contributed by atoms with van der Waals surface area (Å²) in [6.07, 6.45) is 0. The molecule has 3 aromatic heterocycles. The van der Waals surface area contributed by atoms with Crippen molar-refractivity contribution in [1.82, 2.24) is 9.13 Å². The quantitative estimate of drug-likeness (QED) is 0.211. The maximum atomic E-state index is 6.20. The van der Waals surface area contributed by atoms with Gasteiger partial charge in [0.15, 0.2) is 0 Å². The third-order valence-electron chi connectivity index (χ3n) is 9.08. The van der Waals surface area contributed by atoms with E-state index in [-0.39, 0.29) is 0 Å². The summed E-state index contributed by atoms with van der Waals surface area (Å²) in [6.45, 7) is 0. The molecule has 0 bridgehead atoms. The van der Waals surface area contributed by atoms with Crippen LogP contribution in [0.3, 0.4) is 0 Å². The van der Waals surface area contributed by atoms with Gasteiger partial charge in [-0.2, -0.15) is 0 Å². The number of hydrogen-bond acceptors (Lipinski definition) is 1. The Morgan fingerprint density at radius 2 is 1.02 bits per heavy atom. The second kappa shape index (κ2) is 8.37. The average Bonchev–Trinajstić information content (AvgIpc) is 3.72. The minimum Gasteiger partial charge on any atom is -0.456 e. The number of fused-ring (bicyclic) bond motifs is 11. The van der Waals surface area contributed by atoms with Crippen molar-refractivity contribution >= 4 is 76.3 Å². The van der Waals surface area contributed by atoms with Crippen LogP contribution in [0.5, 0.6) is 0 Å². The van der Waals surface area contributed by atoms with E-state index in [2.05, 4.69) is 143 Å². The molecule has 3 heterocycles. The van der Waals surface area contributed by atoms with Crippen LogP contribution in [0.1, 0.15) is 0 Å². The molecule has 0 saturated carbocycles. The Hall–Kier alpha value is -5.80. The average molecular weight is 549 g/mol. The Morgan fingerprint density at radius 3 is 1.91 bits per heavy atom. The number of aromatic nitrogens is 2. The molecule has 0 aliphatic carbocycles. The molecule has 0 N–H and O–H groups in total. The Kier molecular flexibility index (Phi) is 4.45. The van der Waals surface area contributed by atoms with Gasteiger partial charge in [0.05, 0.1) is 22.1 Å². The molecule has 10 rings (SSSR count). The summed E-state index contributed by atoms with van der Waals surface area (Å²) in [5.41, 5.74) is 8.93. The van der Waals surface area contributed by atoms with Crippen LogP contribution in [-0.2, 0) is 0 Å². The van der Waals surface area contributed by atoms with Gasteiger partial charge < -0.3 is 13.6 Å². The lowest BCUT2D eigenvalue weighted by atomic mass is 10.1. The highest BCUT2D eigenvalue weighted by Gasteiger charge is 2.21. The largest absolute Gasteiger partial charge is 0.456 e. The molecule has 43 heavy (non-hydrogen) atoms. The fourth-order valence-corrected chi connectivity index (χ4v) is 7.22. The molecular weight excluding hydrogens is 524 g/mol. The third-order valence-corrected chi connectivity index (χ3v) is 9.08. The zero-order chi connectivity index (χ0) is 28.1. The first-order valence-electron chi connectivity index (χ1n) is 14.7. The van der Waals surface area contributed by atoms with E-state index in [1.54, 1.807) is 0 Å². The molecular formula is C40H24N2O. The van der Waals surface area contributed by atoms with E-state index >= 15 is 0 Å². The Labute approximate surface area is 246 Å². The molecule has 3 nitrogen and oxygen atoms in total. The summed E-state index contributed by atoms with van der Waals surface area (Å²) in [5, 5.41) is 9.76. The van der Waals surface area contributed by atoms with Gasteiger partial charge in [0.2, 0.25) is 0 Å². The number of hydrogen-bond donors (Lipinski definition) is 0. The fourth-order valence-electron chi connectivity index (χ4n) is 7.22. The van der Waals surface area contributed by atoms with Gasteiger partial charge in [0.25, 0.3) is 0 Å². The first-order chi connectivity index (χ1) is 21.3. The molecule has 10 aromatic rings. The van der Waals surface area contributed by atoms with Gasteiger partial charge in [-0.05, 0) is 65.4 Å². The fraction of sp³-hybridized carbons (Fsp3) is 0. The lowest BCUT2D eigenvalue weighted by molar-refractivity contribution is 0.669. The van der Waals surface area contributed by atoms with Crippen LogP contribution in [0.2, 0.25) is 0 Å². The van der Waals surface area contributed by atoms with Crippen molar-refractivity contribution in [3.8, 4) is 11.4 Å². The van der Waals surface area contributed by atoms with Crippen LogP contribution < -0.4 is 0 Å². The monoisotopic (exact) mass is 548 g/mol. The maximum Gasteiger partial charge on any atom is 0.135 e. The van der Waals surface area contributed by atoms with Crippen molar-refractivity contribution in [3.63, 3.8) is 0 Å². The van der Waals surface area contributed by atoms with Crippen LogP contribution in [0.25, 0.3) is 87.7 Å². The van der Waals surface area contributed by atoms with E-state index in [0.29, 0.717) is 0 Å². The maximum absolute atomic E-state index is 6.20. The number of para-hydroxylation sites is 3. The smallest absolute Gasteiger partial charge is 0.135 e. The van der Waals surface area contributed by atoms with Gasteiger partial charge in [0, 0.05) is 43.7 Å². The van der Waals surface area contributed by atoms with Gasteiger partial charge in [-0.3, -0.25) is 0 Å². The molecule has 200 valence electrons. The van der Waals surface area contributed by atoms with Crippen molar-refractivity contribution in [2.75, 3.05) is 0 Å². The Balaban J connectivity index is 1.37. The molecule has 3 heteroatoms. The number of rotatable bonds is 2. The van der Waals surface area contributed by atoms with E-state index in [9.17, 15) is 0 Å². The molecule has 0 spiro atoms. The molecule has 0 fully saturated rings. The second-order valence-electron chi connectivity index (χ2n) is 11.4. The lowest BCUT2D eigenvalue weighted by Gasteiger charge is -2.11. The SMILES string of the molecule is c1ccc2cc(-n3c4ccccc4c4c3ccc3c5ccccc5n(-c5ccc6oc7ccccc7c6c5)c34)ccc2c1. The molecule has 0 radical (unpaired) electrons. The van der Waals surface area contributed by atoms with Gasteiger partial charge in [0.1, 0.15) is 11.2 Å². The molecule has 0 aliphatic rings. The molecule has 0 saturated heterocycles. The van der Waals surface area contributed by atoms with Crippen LogP contribution in [0.4, 0.5) is 0 Å². The predicted molar refractivity (Wildman–Crippen MR) is 180 cm³/mol. The number of nitrogens with zero attached hydrogens (tertiary/aromatic N) is 2. The minimum absolute atomic E-state index is 0.906. The first kappa shape index (κ1) is 22.8. The van der Waals surface area contributed by atoms with Crippen molar-refractivity contribution in [2.45, 2.75) is 0 Å². The van der Waals surface area contributed by atoms with Crippen LogP contribution in [0.15, 0.2) is 150 Å². The summed E-state index contributed by atoms with van der Waals surface area (Å²) in [4.78, 5) is 0. The van der Waals surface area contributed by atoms with E-state index < -0.39 is 0 Å². The standard InChI is InChI=1S/C40H24N2O/c1-2-10-26-23-27(18-17-25(26)9-1)41-35-15-7-4-13-32(35)39-36(41)21-20-31-29-11-3-6-14-34(29)42(40(31)39)28-19-22-38-33(24-28)30-12-5-8-16-37(30)43-38/h1-24H. The highest BCUT2D eigenvalue weighted by molar-refractivity contribution is 6.26. The van der Waals surface area contributed by atoms with E-state index in [1.807, 2.05) is 12.1 Å². The molecule has 0 aliphatic heterocycles. The second-order valence-corrected chi connectivity index (χ2v) is 11.4. The van der Waals surface area contributed by atoms with Gasteiger partial charge in [-0.1, -0.05) is 91.0 Å². The predicted octanol–water partition coefficient (Wildman–Crippen LogP) is 10.9. The lowest BCUT2D eigenvalue weighted by Crippen LogP contribution is -1.95. The molecule has 0 atom stereocenters. The minimum atomic E-state index is 0.906. The highest BCUT2D eigenvalue weighted by Crippen LogP contribution is 2.42. The topological polar surface area (TPSA) is 23.0 Å². The van der Waals surface area contributed by atoms with Crippen molar-refractivity contribution in [3.05, 3.63) is 146 Å². The van der Waals surface area contributed by atoms with Crippen molar-refractivity contribution in [1.29, 1.82) is 0 Å². The van der Waals surface area contributed by atoms with Crippen molar-refractivity contribution in [2.24, 2.45) is 0 Å². The van der Waals surface area contributed by atoms with Crippen LogP contribution in [0, 0.1) is 0 Å². The third kappa shape index (κ3) is 3.08. The van der Waals surface area contributed by atoms with Crippen LogP contribution >= 0.6 is 0 Å². The Bertz CT molecular complexity index is 2740. The zero-order valence-corrected chi connectivity index (χ0v) is 23.2. The van der Waals surface area contributed by atoms with Crippen LogP contribution in [-0.4, -0.2) is 9.13 Å². The van der Waals surface area contributed by atoms with Crippen molar-refractivity contribution < 1.29 is 4.42 Å². The van der Waals surface area contributed by atoms with Gasteiger partial charge in [-0.15, -0.1) is 0 Å². The van der Waals surface area contributed by atoms with E-state index in [4.69, 9.17) is 4.42 Å². The number of furan rings is 1. The highest BCUT2D eigenvalue weighted by atomic mass is 16.3. The summed E-state index contributed by atoms with van der Waals surface area (Å²) < 4.78 is 11.1. The number of benzene rings is 7. The van der Waals surface area contributed by atoms with E-state index in [1.165, 1.54) is 54.4 Å². The molecule has 7 aromatic carbocycles. The molecule has 0 unspecified atom stereocenters. The Morgan fingerprint density at radius 1 is 0.372 bits per heavy atom. The first-order valence-corrected chi connectivity index (χ1v) is 14.7. The summed E-state index contributed by atoms with van der Waals surface area (Å²) >= 11 is 0. The van der Waals surface area contributed by atoms with Gasteiger partial charge >= 0.3 is 0 Å². The summed E-state index contributed by atoms with van der Waals surface area (Å²) in [7, 11) is 0. The summed E-state index contributed by atoms with van der Waals surface area (Å²) in [5.74, 6) is 0. The van der Waals surface area contributed by atoms with E-state index in [0.717, 1.165) is 33.3 Å². The van der Waals surface area contributed by atoms with Gasteiger partial charge in [-0.25, -0.2) is 0 Å².